The Bertz CT molecular complexity index is 513. The summed E-state index contributed by atoms with van der Waals surface area (Å²) in [5.41, 5.74) is 5.83. The molecule has 1 fully saturated rings. The third kappa shape index (κ3) is 2.81. The van der Waals surface area contributed by atoms with Gasteiger partial charge in [-0.2, -0.15) is 0 Å². The van der Waals surface area contributed by atoms with Crippen LogP contribution in [-0.2, 0) is 9.31 Å². The van der Waals surface area contributed by atoms with Gasteiger partial charge in [0.2, 0.25) is 0 Å². The van der Waals surface area contributed by atoms with Crippen LogP contribution in [0.2, 0.25) is 0 Å². The number of methoxy groups -OCH3 is 1. The third-order valence-electron chi connectivity index (χ3n) is 3.82. The first-order valence-electron chi connectivity index (χ1n) is 6.59. The molecule has 0 amide bonds. The van der Waals surface area contributed by atoms with E-state index in [1.807, 2.05) is 45.8 Å². The molecule has 2 heterocycles. The van der Waals surface area contributed by atoms with Gasteiger partial charge < -0.3 is 19.8 Å². The first-order chi connectivity index (χ1) is 9.25. The molecule has 0 unspecified atom stereocenters. The Labute approximate surface area is 120 Å². The van der Waals surface area contributed by atoms with E-state index >= 15 is 0 Å². The second-order valence-electron chi connectivity index (χ2n) is 5.81. The monoisotopic (exact) mass is 276 g/mol. The molecule has 1 aromatic rings. The molecule has 0 saturated carbocycles. The van der Waals surface area contributed by atoms with Gasteiger partial charge in [-0.25, -0.2) is 4.98 Å². The summed E-state index contributed by atoms with van der Waals surface area (Å²) in [6.07, 6.45) is 1.83. The van der Waals surface area contributed by atoms with E-state index in [1.54, 1.807) is 13.2 Å². The van der Waals surface area contributed by atoms with Gasteiger partial charge in [0.1, 0.15) is 0 Å². The molecule has 20 heavy (non-hydrogen) atoms. The molecule has 0 radical (unpaired) electrons. The molecular weight excluding hydrogens is 255 g/mol. The van der Waals surface area contributed by atoms with Crippen LogP contribution in [0.15, 0.2) is 18.1 Å². The number of rotatable bonds is 3. The highest BCUT2D eigenvalue weighted by Crippen LogP contribution is 2.37. The average Bonchev–Trinajstić information content (AvgIpc) is 2.55. The molecule has 5 nitrogen and oxygen atoms in total. The Hall–Kier alpha value is -1.53. The second-order valence-corrected chi connectivity index (χ2v) is 5.81. The van der Waals surface area contributed by atoms with E-state index in [4.69, 9.17) is 19.8 Å². The van der Waals surface area contributed by atoms with Gasteiger partial charge in [0, 0.05) is 0 Å². The zero-order valence-electron chi connectivity index (χ0n) is 12.6. The standard InChI is InChI=1S/C14H21BN2O3/c1-13(2)14(3,4)20-15(19-13)9-8-10-6-7-11(18-5)12(16)17-10/h6-9H,1-5H3,(H2,16,17)/b9-8+. The van der Waals surface area contributed by atoms with E-state index in [9.17, 15) is 0 Å². The number of nitrogens with zero attached hydrogens (tertiary/aromatic N) is 1. The molecule has 0 aliphatic carbocycles. The fourth-order valence-corrected chi connectivity index (χ4v) is 1.89. The van der Waals surface area contributed by atoms with Crippen LogP contribution in [-0.4, -0.2) is 30.4 Å². The first kappa shape index (κ1) is 14.9. The van der Waals surface area contributed by atoms with Gasteiger partial charge in [0.25, 0.3) is 0 Å². The molecule has 1 saturated heterocycles. The predicted octanol–water partition coefficient (Wildman–Crippen LogP) is 2.32. The van der Waals surface area contributed by atoms with E-state index < -0.39 is 0 Å². The van der Waals surface area contributed by atoms with Crippen molar-refractivity contribution >= 4 is 19.0 Å². The average molecular weight is 276 g/mol. The van der Waals surface area contributed by atoms with Gasteiger partial charge in [-0.05, 0) is 45.9 Å². The van der Waals surface area contributed by atoms with Crippen LogP contribution in [0, 0.1) is 0 Å². The van der Waals surface area contributed by atoms with E-state index in [-0.39, 0.29) is 18.3 Å². The molecular formula is C14H21BN2O3. The minimum Gasteiger partial charge on any atom is -0.493 e. The number of hydrogen-bond acceptors (Lipinski definition) is 5. The van der Waals surface area contributed by atoms with Crippen molar-refractivity contribution in [2.75, 3.05) is 12.8 Å². The molecule has 2 rings (SSSR count). The Balaban J connectivity index is 2.10. The van der Waals surface area contributed by atoms with Crippen LogP contribution in [0.3, 0.4) is 0 Å². The van der Waals surface area contributed by atoms with Crippen molar-refractivity contribution in [2.24, 2.45) is 0 Å². The quantitative estimate of drug-likeness (QED) is 0.858. The van der Waals surface area contributed by atoms with Crippen LogP contribution in [0.5, 0.6) is 5.75 Å². The second kappa shape index (κ2) is 5.11. The van der Waals surface area contributed by atoms with Crippen molar-refractivity contribution < 1.29 is 14.0 Å². The fourth-order valence-electron chi connectivity index (χ4n) is 1.89. The van der Waals surface area contributed by atoms with Gasteiger partial charge in [-0.3, -0.25) is 0 Å². The van der Waals surface area contributed by atoms with Gasteiger partial charge in [0.15, 0.2) is 11.6 Å². The molecule has 6 heteroatoms. The summed E-state index contributed by atoms with van der Waals surface area (Å²) in [6.45, 7) is 8.07. The smallest absolute Gasteiger partial charge is 0.487 e. The minimum absolute atomic E-state index is 0.339. The lowest BCUT2D eigenvalue weighted by atomic mass is 9.89. The van der Waals surface area contributed by atoms with Crippen molar-refractivity contribution in [2.45, 2.75) is 38.9 Å². The fraction of sp³-hybridized carbons (Fsp3) is 0.500. The Morgan fingerprint density at radius 1 is 1.20 bits per heavy atom. The highest BCUT2D eigenvalue weighted by molar-refractivity contribution is 6.52. The van der Waals surface area contributed by atoms with Gasteiger partial charge >= 0.3 is 7.12 Å². The molecule has 2 N–H and O–H groups in total. The molecule has 108 valence electrons. The number of hydrogen-bond donors (Lipinski definition) is 1. The molecule has 0 atom stereocenters. The number of aromatic nitrogens is 1. The summed E-state index contributed by atoms with van der Waals surface area (Å²) in [6, 6.07) is 3.61. The summed E-state index contributed by atoms with van der Waals surface area (Å²) in [4.78, 5) is 4.23. The van der Waals surface area contributed by atoms with E-state index in [2.05, 4.69) is 4.98 Å². The highest BCUT2D eigenvalue weighted by atomic mass is 16.7. The third-order valence-corrected chi connectivity index (χ3v) is 3.82. The molecule has 0 aromatic carbocycles. The SMILES string of the molecule is COc1ccc(/C=C/B2OC(C)(C)C(C)(C)O2)nc1N. The lowest BCUT2D eigenvalue weighted by Gasteiger charge is -2.32. The van der Waals surface area contributed by atoms with Crippen LogP contribution in [0.25, 0.3) is 6.08 Å². The van der Waals surface area contributed by atoms with Crippen molar-refractivity contribution in [3.63, 3.8) is 0 Å². The maximum atomic E-state index is 5.87. The highest BCUT2D eigenvalue weighted by Gasteiger charge is 2.49. The zero-order chi connectivity index (χ0) is 15.0. The molecule has 1 aliphatic heterocycles. The number of nitrogen functional groups attached to an aromatic ring is 1. The largest absolute Gasteiger partial charge is 0.493 e. The number of nitrogens with two attached hydrogens (primary N) is 1. The number of ether oxygens (including phenoxy) is 1. The Morgan fingerprint density at radius 3 is 2.30 bits per heavy atom. The normalized spacial score (nSPS) is 20.6. The molecule has 1 aliphatic rings. The molecule has 0 spiro atoms. The summed E-state index contributed by atoms with van der Waals surface area (Å²) in [5.74, 6) is 2.77. The van der Waals surface area contributed by atoms with E-state index in [0.717, 1.165) is 5.69 Å². The maximum Gasteiger partial charge on any atom is 0.487 e. The number of anilines is 1. The Morgan fingerprint density at radius 2 is 1.80 bits per heavy atom. The van der Waals surface area contributed by atoms with Crippen molar-refractivity contribution in [1.29, 1.82) is 0 Å². The lowest BCUT2D eigenvalue weighted by Crippen LogP contribution is -2.41. The van der Waals surface area contributed by atoms with Crippen LogP contribution < -0.4 is 10.5 Å². The van der Waals surface area contributed by atoms with E-state index in [0.29, 0.717) is 11.6 Å². The van der Waals surface area contributed by atoms with Crippen molar-refractivity contribution in [1.82, 2.24) is 4.98 Å². The van der Waals surface area contributed by atoms with Gasteiger partial charge in [0.05, 0.1) is 24.0 Å². The summed E-state index contributed by atoms with van der Waals surface area (Å²) >= 11 is 0. The van der Waals surface area contributed by atoms with Crippen molar-refractivity contribution in [3.8, 4) is 5.75 Å². The van der Waals surface area contributed by atoms with Gasteiger partial charge in [-0.15, -0.1) is 0 Å². The predicted molar refractivity (Wildman–Crippen MR) is 80.3 cm³/mol. The summed E-state index contributed by atoms with van der Waals surface area (Å²) in [5, 5.41) is 0. The topological polar surface area (TPSA) is 66.6 Å². The van der Waals surface area contributed by atoms with E-state index in [1.165, 1.54) is 0 Å². The summed E-state index contributed by atoms with van der Waals surface area (Å²) < 4.78 is 16.8. The Kier molecular flexibility index (Phi) is 3.80. The maximum absolute atomic E-state index is 5.87. The molecule has 1 aromatic heterocycles. The minimum atomic E-state index is -0.384. The lowest BCUT2D eigenvalue weighted by molar-refractivity contribution is 0.00578. The number of pyridine rings is 1. The van der Waals surface area contributed by atoms with Crippen LogP contribution in [0.1, 0.15) is 33.4 Å². The van der Waals surface area contributed by atoms with Crippen LogP contribution >= 0.6 is 0 Å². The molecule has 0 bridgehead atoms. The zero-order valence-corrected chi connectivity index (χ0v) is 12.6. The van der Waals surface area contributed by atoms with Crippen molar-refractivity contribution in [3.05, 3.63) is 23.8 Å². The first-order valence-corrected chi connectivity index (χ1v) is 6.59. The van der Waals surface area contributed by atoms with Gasteiger partial charge in [-0.1, -0.05) is 5.98 Å². The summed E-state index contributed by atoms with van der Waals surface area (Å²) in [7, 11) is 1.18. The van der Waals surface area contributed by atoms with Crippen LogP contribution in [0.4, 0.5) is 5.82 Å².